The molecule has 0 radical (unpaired) electrons. The van der Waals surface area contributed by atoms with Gasteiger partial charge >= 0.3 is 5.97 Å². The summed E-state index contributed by atoms with van der Waals surface area (Å²) in [5.74, 6) is -0.519. The van der Waals surface area contributed by atoms with Crippen molar-refractivity contribution in [2.45, 2.75) is 18.2 Å². The van der Waals surface area contributed by atoms with Gasteiger partial charge in [0.25, 0.3) is 5.91 Å². The maximum Gasteiger partial charge on any atom is 0.338 e. The molecule has 8 heteroatoms. The maximum atomic E-state index is 12.2. The molecule has 0 bridgehead atoms. The Hall–Kier alpha value is -2.51. The average Bonchev–Trinajstić information content (AvgIpc) is 2.82. The molecular formula is C19H17ClN2O4S. The number of fused-ring (bicyclic) bond motifs is 1. The number of hydrogen-bond acceptors (Lipinski definition) is 5. The Bertz CT molecular complexity index is 917. The number of halogens is 1. The highest BCUT2D eigenvalue weighted by Gasteiger charge is 2.17. The number of carbonyl (C=O) groups excluding carboxylic acids is 3. The molecule has 3 rings (SSSR count). The third-order valence-corrected chi connectivity index (χ3v) is 5.35. The van der Waals surface area contributed by atoms with Crippen molar-refractivity contribution >= 4 is 52.5 Å². The van der Waals surface area contributed by atoms with E-state index in [1.807, 2.05) is 6.92 Å². The summed E-state index contributed by atoms with van der Waals surface area (Å²) >= 11 is 7.56. The van der Waals surface area contributed by atoms with Crippen LogP contribution < -0.4 is 10.6 Å². The second-order valence-electron chi connectivity index (χ2n) is 5.95. The molecule has 2 amide bonds. The van der Waals surface area contributed by atoms with Crippen LogP contribution in [0, 0.1) is 6.92 Å². The van der Waals surface area contributed by atoms with Gasteiger partial charge in [-0.05, 0) is 42.8 Å². The lowest BCUT2D eigenvalue weighted by molar-refractivity contribution is -0.119. The normalized spacial score (nSPS) is 13.2. The fraction of sp³-hybridized carbons (Fsp3) is 0.211. The van der Waals surface area contributed by atoms with Crippen LogP contribution in [0.25, 0.3) is 0 Å². The number of aryl methyl sites for hydroxylation is 1. The SMILES string of the molecule is Cc1ccc(NC(=O)COC(=O)c2ccc3c(c2)NC(=O)CCS3)cc1Cl. The minimum absolute atomic E-state index is 0.0945. The van der Waals surface area contributed by atoms with Crippen LogP contribution in [0.4, 0.5) is 11.4 Å². The number of amides is 2. The molecule has 1 aliphatic heterocycles. The first-order valence-electron chi connectivity index (χ1n) is 8.22. The van der Waals surface area contributed by atoms with Gasteiger partial charge in [-0.15, -0.1) is 11.8 Å². The van der Waals surface area contributed by atoms with E-state index in [0.717, 1.165) is 10.5 Å². The third kappa shape index (κ3) is 5.02. The van der Waals surface area contributed by atoms with Crippen LogP contribution in [0.5, 0.6) is 0 Å². The summed E-state index contributed by atoms with van der Waals surface area (Å²) in [6.45, 7) is 1.43. The van der Waals surface area contributed by atoms with Crippen LogP contribution >= 0.6 is 23.4 Å². The van der Waals surface area contributed by atoms with Gasteiger partial charge in [0.2, 0.25) is 5.91 Å². The number of benzene rings is 2. The van der Waals surface area contributed by atoms with Gasteiger partial charge in [0.05, 0.1) is 11.3 Å². The zero-order valence-electron chi connectivity index (χ0n) is 14.5. The smallest absolute Gasteiger partial charge is 0.338 e. The van der Waals surface area contributed by atoms with E-state index in [-0.39, 0.29) is 11.5 Å². The van der Waals surface area contributed by atoms with Crippen molar-refractivity contribution in [1.82, 2.24) is 0 Å². The van der Waals surface area contributed by atoms with Gasteiger partial charge < -0.3 is 15.4 Å². The van der Waals surface area contributed by atoms with E-state index >= 15 is 0 Å². The summed E-state index contributed by atoms with van der Waals surface area (Å²) in [6.07, 6.45) is 0.419. The van der Waals surface area contributed by atoms with Gasteiger partial charge in [0.15, 0.2) is 6.61 Å². The van der Waals surface area contributed by atoms with Crippen molar-refractivity contribution in [3.8, 4) is 0 Å². The molecule has 0 unspecified atom stereocenters. The van der Waals surface area contributed by atoms with Crippen molar-refractivity contribution in [1.29, 1.82) is 0 Å². The fourth-order valence-electron chi connectivity index (χ4n) is 2.43. The van der Waals surface area contributed by atoms with E-state index < -0.39 is 18.5 Å². The molecule has 0 fully saturated rings. The third-order valence-electron chi connectivity index (χ3n) is 3.87. The first kappa shape index (κ1) is 19.3. The summed E-state index contributed by atoms with van der Waals surface area (Å²) in [4.78, 5) is 36.7. The van der Waals surface area contributed by atoms with E-state index in [1.165, 1.54) is 0 Å². The zero-order chi connectivity index (χ0) is 19.4. The molecule has 0 aromatic heterocycles. The predicted octanol–water partition coefficient (Wildman–Crippen LogP) is 3.88. The number of nitrogens with one attached hydrogen (secondary N) is 2. The number of rotatable bonds is 4. The van der Waals surface area contributed by atoms with Gasteiger partial charge in [0.1, 0.15) is 0 Å². The Morgan fingerprint density at radius 1 is 1.26 bits per heavy atom. The van der Waals surface area contributed by atoms with Gasteiger partial charge in [-0.25, -0.2) is 4.79 Å². The molecule has 0 saturated heterocycles. The van der Waals surface area contributed by atoms with Crippen molar-refractivity contribution in [2.24, 2.45) is 0 Å². The molecule has 140 valence electrons. The van der Waals surface area contributed by atoms with Gasteiger partial charge in [-0.1, -0.05) is 17.7 Å². The van der Waals surface area contributed by atoms with Gasteiger partial charge in [-0.3, -0.25) is 9.59 Å². The van der Waals surface area contributed by atoms with E-state index in [0.29, 0.717) is 28.6 Å². The number of hydrogen-bond donors (Lipinski definition) is 2. The lowest BCUT2D eigenvalue weighted by Crippen LogP contribution is -2.21. The van der Waals surface area contributed by atoms with Crippen LogP contribution in [0.15, 0.2) is 41.3 Å². The second-order valence-corrected chi connectivity index (χ2v) is 7.49. The molecule has 6 nitrogen and oxygen atoms in total. The monoisotopic (exact) mass is 404 g/mol. The highest BCUT2D eigenvalue weighted by atomic mass is 35.5. The van der Waals surface area contributed by atoms with Crippen LogP contribution in [0.3, 0.4) is 0 Å². The van der Waals surface area contributed by atoms with Crippen molar-refractivity contribution in [3.05, 3.63) is 52.5 Å². The molecule has 1 heterocycles. The second kappa shape index (κ2) is 8.45. The lowest BCUT2D eigenvalue weighted by atomic mass is 10.2. The Labute approximate surface area is 165 Å². The molecule has 2 aromatic rings. The largest absolute Gasteiger partial charge is 0.452 e. The van der Waals surface area contributed by atoms with Gasteiger partial charge in [-0.2, -0.15) is 0 Å². The summed E-state index contributed by atoms with van der Waals surface area (Å²) < 4.78 is 5.06. The van der Waals surface area contributed by atoms with Crippen LogP contribution in [-0.4, -0.2) is 30.1 Å². The first-order valence-corrected chi connectivity index (χ1v) is 9.58. The molecular weight excluding hydrogens is 388 g/mol. The Balaban J connectivity index is 1.59. The van der Waals surface area contributed by atoms with Crippen molar-refractivity contribution in [3.63, 3.8) is 0 Å². The maximum absolute atomic E-state index is 12.2. The van der Waals surface area contributed by atoms with Crippen LogP contribution in [0.2, 0.25) is 5.02 Å². The van der Waals surface area contributed by atoms with E-state index in [9.17, 15) is 14.4 Å². The molecule has 0 aliphatic carbocycles. The van der Waals surface area contributed by atoms with Crippen LogP contribution in [0.1, 0.15) is 22.3 Å². The predicted molar refractivity (Wildman–Crippen MR) is 106 cm³/mol. The summed E-state index contributed by atoms with van der Waals surface area (Å²) in [6, 6.07) is 10.1. The minimum Gasteiger partial charge on any atom is -0.452 e. The highest BCUT2D eigenvalue weighted by molar-refractivity contribution is 7.99. The lowest BCUT2D eigenvalue weighted by Gasteiger charge is -2.10. The standard InChI is InChI=1S/C19H17ClN2O4S/c1-11-2-4-13(9-14(11)20)21-18(24)10-26-19(25)12-3-5-16-15(8-12)22-17(23)6-7-27-16/h2-5,8-9H,6-7,10H2,1H3,(H,21,24)(H,22,23). The summed E-state index contributed by atoms with van der Waals surface area (Å²) in [5.41, 5.74) is 2.27. The molecule has 0 saturated carbocycles. The molecule has 0 atom stereocenters. The number of anilines is 2. The number of ether oxygens (including phenoxy) is 1. The summed E-state index contributed by atoms with van der Waals surface area (Å²) in [7, 11) is 0. The first-order chi connectivity index (χ1) is 12.9. The Morgan fingerprint density at radius 3 is 2.85 bits per heavy atom. The number of carbonyl (C=O) groups is 3. The molecule has 0 spiro atoms. The van der Waals surface area contributed by atoms with Crippen LogP contribution in [-0.2, 0) is 14.3 Å². The topological polar surface area (TPSA) is 84.5 Å². The Kier molecular flexibility index (Phi) is 6.03. The van der Waals surface area contributed by atoms with E-state index in [1.54, 1.807) is 48.2 Å². The van der Waals surface area contributed by atoms with Gasteiger partial charge in [0, 0.05) is 27.8 Å². The van der Waals surface area contributed by atoms with E-state index in [4.69, 9.17) is 16.3 Å². The quantitative estimate of drug-likeness (QED) is 0.755. The molecule has 27 heavy (non-hydrogen) atoms. The zero-order valence-corrected chi connectivity index (χ0v) is 16.1. The molecule has 1 aliphatic rings. The number of esters is 1. The molecule has 2 N–H and O–H groups in total. The van der Waals surface area contributed by atoms with Crippen molar-refractivity contribution < 1.29 is 19.1 Å². The minimum atomic E-state index is -0.640. The van der Waals surface area contributed by atoms with E-state index in [2.05, 4.69) is 10.6 Å². The Morgan fingerprint density at radius 2 is 2.07 bits per heavy atom. The number of thioether (sulfide) groups is 1. The summed E-state index contributed by atoms with van der Waals surface area (Å²) in [5, 5.41) is 5.92. The highest BCUT2D eigenvalue weighted by Crippen LogP contribution is 2.31. The van der Waals surface area contributed by atoms with Crippen molar-refractivity contribution in [2.75, 3.05) is 23.0 Å². The average molecular weight is 405 g/mol. The fourth-order valence-corrected chi connectivity index (χ4v) is 3.55. The molecule has 2 aromatic carbocycles.